The molecule has 3 N–H and O–H groups in total. The van der Waals surface area contributed by atoms with E-state index in [0.717, 1.165) is 43.5 Å². The van der Waals surface area contributed by atoms with Crippen molar-refractivity contribution in [1.29, 1.82) is 0 Å². The lowest BCUT2D eigenvalue weighted by Crippen LogP contribution is -2.53. The second-order valence-electron chi connectivity index (χ2n) is 10.4. The number of rotatable bonds is 7. The number of ether oxygens (including phenoxy) is 2. The minimum atomic E-state index is -3.55. The van der Waals surface area contributed by atoms with Gasteiger partial charge in [0.25, 0.3) is 11.8 Å². The highest BCUT2D eigenvalue weighted by molar-refractivity contribution is 6.02. The van der Waals surface area contributed by atoms with E-state index in [-0.39, 0.29) is 41.5 Å². The summed E-state index contributed by atoms with van der Waals surface area (Å²) in [5.41, 5.74) is 1.13. The molecule has 1 saturated heterocycles. The van der Waals surface area contributed by atoms with Gasteiger partial charge in [-0.05, 0) is 44.0 Å². The average Bonchev–Trinajstić information content (AvgIpc) is 3.48. The summed E-state index contributed by atoms with van der Waals surface area (Å²) in [5, 5.41) is 9.38. The van der Waals surface area contributed by atoms with E-state index in [1.54, 1.807) is 30.2 Å². The summed E-state index contributed by atoms with van der Waals surface area (Å²) >= 11 is 0. The third-order valence-corrected chi connectivity index (χ3v) is 7.89. The molecule has 40 heavy (non-hydrogen) atoms. The summed E-state index contributed by atoms with van der Waals surface area (Å²) in [7, 11) is 4.42. The van der Waals surface area contributed by atoms with E-state index < -0.39 is 18.4 Å². The van der Waals surface area contributed by atoms with E-state index in [1.165, 1.54) is 20.4 Å². The van der Waals surface area contributed by atoms with Crippen LogP contribution in [0.3, 0.4) is 0 Å². The fraction of sp³-hybridized carbons (Fsp3) is 0.556. The van der Waals surface area contributed by atoms with E-state index in [9.17, 15) is 18.4 Å². The van der Waals surface area contributed by atoms with Gasteiger partial charge < -0.3 is 35.2 Å². The minimum absolute atomic E-state index is 0.115. The van der Waals surface area contributed by atoms with E-state index >= 15 is 0 Å². The molecule has 2 fully saturated rings. The second kappa shape index (κ2) is 11.5. The number of amides is 2. The Kier molecular flexibility index (Phi) is 8.04. The topological polar surface area (TPSA) is 121 Å². The molecule has 2 aliphatic heterocycles. The number of halogens is 2. The molecule has 13 heteroatoms. The molecule has 1 aromatic carbocycles. The summed E-state index contributed by atoms with van der Waals surface area (Å²) in [6.45, 7) is 0.712. The summed E-state index contributed by atoms with van der Waals surface area (Å²) in [6.07, 6.45) is 5.38. The molecule has 5 rings (SSSR count). The first-order chi connectivity index (χ1) is 19.2. The number of carbonyl (C=O) groups is 2. The molecule has 2 unspecified atom stereocenters. The first-order valence-electron chi connectivity index (χ1n) is 13.5. The zero-order chi connectivity index (χ0) is 28.4. The number of nitrogens with zero attached hydrogens (tertiary/aromatic N) is 4. The summed E-state index contributed by atoms with van der Waals surface area (Å²) in [5.74, 6) is -4.27. The summed E-state index contributed by atoms with van der Waals surface area (Å²) in [6, 6.07) is 4.69. The van der Waals surface area contributed by atoms with E-state index in [0.29, 0.717) is 23.5 Å². The number of hydrogen-bond acceptors (Lipinski definition) is 9. The number of fused-ring (bicyclic) bond motifs is 1. The summed E-state index contributed by atoms with van der Waals surface area (Å²) < 4.78 is 40.7. The van der Waals surface area contributed by atoms with Gasteiger partial charge in [0.2, 0.25) is 5.95 Å². The van der Waals surface area contributed by atoms with Gasteiger partial charge >= 0.3 is 5.92 Å². The normalized spacial score (nSPS) is 23.0. The molecule has 2 amide bonds. The number of nitrogens with one attached hydrogen (secondary N) is 3. The highest BCUT2D eigenvalue weighted by Gasteiger charge is 2.48. The first-order valence-corrected chi connectivity index (χ1v) is 13.5. The first kappa shape index (κ1) is 28.0. The van der Waals surface area contributed by atoms with Crippen LogP contribution >= 0.6 is 0 Å². The number of piperidine rings is 1. The minimum Gasteiger partial charge on any atom is -0.495 e. The van der Waals surface area contributed by atoms with Crippen LogP contribution in [0.5, 0.6) is 5.75 Å². The highest BCUT2D eigenvalue weighted by Crippen LogP contribution is 2.40. The van der Waals surface area contributed by atoms with Crippen molar-refractivity contribution in [2.45, 2.75) is 56.2 Å². The van der Waals surface area contributed by atoms with Gasteiger partial charge in [-0.3, -0.25) is 9.59 Å². The molecule has 11 nitrogen and oxygen atoms in total. The standard InChI is InChI=1S/C27H35F2N7O4/c1-35-20-13-31-26(34-23(20)36(17-6-4-5-7-17)15-27(28,29)25(35)38)33-18-9-8-16(12-21(18)39-2)24(37)32-19-10-11-30-14-22(19)40-3/h8-9,12-13,17,19,22,30H,4-7,10-11,14-15H2,1-3H3,(H,32,37)(H,31,33,34). The molecule has 0 spiro atoms. The second-order valence-corrected chi connectivity index (χ2v) is 10.4. The molecule has 216 valence electrons. The lowest BCUT2D eigenvalue weighted by Gasteiger charge is -2.31. The quantitative estimate of drug-likeness (QED) is 0.470. The van der Waals surface area contributed by atoms with Crippen LogP contribution in [0.15, 0.2) is 24.4 Å². The Hall–Kier alpha value is -3.58. The van der Waals surface area contributed by atoms with E-state index in [2.05, 4.69) is 25.9 Å². The van der Waals surface area contributed by atoms with Crippen molar-refractivity contribution in [1.82, 2.24) is 20.6 Å². The van der Waals surface area contributed by atoms with Crippen LogP contribution in [0.1, 0.15) is 42.5 Å². The third kappa shape index (κ3) is 5.52. The fourth-order valence-electron chi connectivity index (χ4n) is 5.65. The van der Waals surface area contributed by atoms with Crippen molar-refractivity contribution in [3.63, 3.8) is 0 Å². The molecule has 3 aliphatic rings. The van der Waals surface area contributed by atoms with Crippen molar-refractivity contribution < 1.29 is 27.8 Å². The van der Waals surface area contributed by atoms with Crippen LogP contribution in [0.4, 0.5) is 31.9 Å². The Morgan fingerprint density at radius 3 is 2.70 bits per heavy atom. The van der Waals surface area contributed by atoms with Crippen LogP contribution in [0.25, 0.3) is 0 Å². The van der Waals surface area contributed by atoms with Crippen molar-refractivity contribution in [3.05, 3.63) is 30.0 Å². The lowest BCUT2D eigenvalue weighted by molar-refractivity contribution is -0.140. The van der Waals surface area contributed by atoms with Crippen LogP contribution in [-0.4, -0.2) is 86.8 Å². The van der Waals surface area contributed by atoms with Gasteiger partial charge in [-0.25, -0.2) is 4.98 Å². The number of aromatic nitrogens is 2. The van der Waals surface area contributed by atoms with Crippen LogP contribution in [-0.2, 0) is 9.53 Å². The zero-order valence-electron chi connectivity index (χ0n) is 22.9. The van der Waals surface area contributed by atoms with Crippen molar-refractivity contribution >= 4 is 35.0 Å². The number of benzene rings is 1. The van der Waals surface area contributed by atoms with Gasteiger partial charge in [0, 0.05) is 32.3 Å². The molecule has 1 aliphatic carbocycles. The molecule has 2 atom stereocenters. The monoisotopic (exact) mass is 559 g/mol. The SMILES string of the molecule is COc1cc(C(=O)NC2CCNCC2OC)ccc1Nc1ncc2c(n1)N(C1CCCC1)CC(F)(F)C(=O)N2C. The Labute approximate surface area is 231 Å². The Morgan fingerprint density at radius 2 is 1.98 bits per heavy atom. The smallest absolute Gasteiger partial charge is 0.342 e. The maximum absolute atomic E-state index is 14.9. The van der Waals surface area contributed by atoms with E-state index in [1.807, 2.05) is 0 Å². The Balaban J connectivity index is 1.40. The largest absolute Gasteiger partial charge is 0.495 e. The number of carbonyl (C=O) groups excluding carboxylic acids is 2. The van der Waals surface area contributed by atoms with Gasteiger partial charge in [-0.1, -0.05) is 12.8 Å². The van der Waals surface area contributed by atoms with Gasteiger partial charge in [-0.2, -0.15) is 13.8 Å². The predicted molar refractivity (Wildman–Crippen MR) is 146 cm³/mol. The number of anilines is 4. The molecular formula is C27H35F2N7O4. The van der Waals surface area contributed by atoms with Crippen LogP contribution < -0.4 is 30.5 Å². The number of methoxy groups -OCH3 is 2. The van der Waals surface area contributed by atoms with Gasteiger partial charge in [-0.15, -0.1) is 0 Å². The van der Waals surface area contributed by atoms with Gasteiger partial charge in [0.1, 0.15) is 11.4 Å². The maximum atomic E-state index is 14.9. The molecule has 0 bridgehead atoms. The average molecular weight is 560 g/mol. The summed E-state index contributed by atoms with van der Waals surface area (Å²) in [4.78, 5) is 36.9. The third-order valence-electron chi connectivity index (χ3n) is 7.89. The molecule has 1 aromatic heterocycles. The molecule has 1 saturated carbocycles. The highest BCUT2D eigenvalue weighted by atomic mass is 19.3. The molecular weight excluding hydrogens is 524 g/mol. The number of alkyl halides is 2. The zero-order valence-corrected chi connectivity index (χ0v) is 22.9. The van der Waals surface area contributed by atoms with Gasteiger partial charge in [0.15, 0.2) is 5.82 Å². The van der Waals surface area contributed by atoms with Crippen molar-refractivity contribution in [2.24, 2.45) is 0 Å². The van der Waals surface area contributed by atoms with Crippen molar-refractivity contribution in [2.75, 3.05) is 56.0 Å². The van der Waals surface area contributed by atoms with E-state index in [4.69, 9.17) is 9.47 Å². The maximum Gasteiger partial charge on any atom is 0.342 e. The van der Waals surface area contributed by atoms with Gasteiger partial charge in [0.05, 0.1) is 37.7 Å². The van der Waals surface area contributed by atoms with Crippen LogP contribution in [0.2, 0.25) is 0 Å². The molecule has 0 radical (unpaired) electrons. The Morgan fingerprint density at radius 1 is 1.20 bits per heavy atom. The fourth-order valence-corrected chi connectivity index (χ4v) is 5.65. The van der Waals surface area contributed by atoms with Crippen molar-refractivity contribution in [3.8, 4) is 5.75 Å². The van der Waals surface area contributed by atoms with Crippen LogP contribution in [0, 0.1) is 0 Å². The molecule has 2 aromatic rings. The lowest BCUT2D eigenvalue weighted by atomic mass is 10.0. The predicted octanol–water partition coefficient (Wildman–Crippen LogP) is 2.70. The molecule has 3 heterocycles. The Bertz CT molecular complexity index is 1260. The number of hydrogen-bond donors (Lipinski definition) is 3.